The van der Waals surface area contributed by atoms with E-state index in [2.05, 4.69) is 40.7 Å². The number of morpholine rings is 1. The Bertz CT molecular complexity index is 774. The molecule has 1 saturated carbocycles. The van der Waals surface area contributed by atoms with Gasteiger partial charge in [-0.25, -0.2) is 4.79 Å². The average Bonchev–Trinajstić information content (AvgIpc) is 2.76. The highest BCUT2D eigenvalue weighted by molar-refractivity contribution is 7.98. The average molecular weight is 493 g/mol. The molecule has 2 atom stereocenters. The number of hydrogen-bond donors (Lipinski definition) is 2. The fourth-order valence-corrected chi connectivity index (χ4v) is 4.56. The van der Waals surface area contributed by atoms with Crippen LogP contribution in [0.2, 0.25) is 0 Å². The number of thioether (sulfide) groups is 1. The number of ether oxygens (including phenoxy) is 2. The van der Waals surface area contributed by atoms with Crippen molar-refractivity contribution >= 4 is 23.6 Å². The lowest BCUT2D eigenvalue weighted by molar-refractivity contribution is -0.192. The summed E-state index contributed by atoms with van der Waals surface area (Å²) in [5.74, 6) is -2.81. The number of nitrogens with zero attached hydrogens (tertiary/aromatic N) is 1. The predicted octanol–water partition coefficient (Wildman–Crippen LogP) is 3.32. The van der Waals surface area contributed by atoms with Gasteiger partial charge in [-0.1, -0.05) is 25.0 Å². The van der Waals surface area contributed by atoms with Gasteiger partial charge in [0.25, 0.3) is 0 Å². The van der Waals surface area contributed by atoms with Gasteiger partial charge in [0.1, 0.15) is 12.2 Å². The minimum atomic E-state index is -5.08. The smallest absolute Gasteiger partial charge is 0.475 e. The Labute approximate surface area is 196 Å². The fraction of sp³-hybridized carbons (Fsp3) is 0.636. The van der Waals surface area contributed by atoms with E-state index < -0.39 is 12.1 Å². The number of carbonyl (C=O) groups excluding carboxylic acids is 1. The van der Waals surface area contributed by atoms with Crippen LogP contribution < -0.4 is 5.32 Å². The van der Waals surface area contributed by atoms with Crippen LogP contribution in [0.4, 0.5) is 13.2 Å². The highest BCUT2D eigenvalue weighted by atomic mass is 32.2. The number of methoxy groups -OCH3 is 1. The maximum Gasteiger partial charge on any atom is 0.490 e. The summed E-state index contributed by atoms with van der Waals surface area (Å²) in [6, 6.07) is 8.87. The molecule has 1 spiro atoms. The molecule has 1 amide bonds. The molecule has 2 N–H and O–H groups in total. The Hall–Kier alpha value is -1.82. The van der Waals surface area contributed by atoms with Crippen LogP contribution >= 0.6 is 11.8 Å². The third kappa shape index (κ3) is 8.47. The number of aliphatic carboxylic acids is 1. The maximum absolute atomic E-state index is 12.1. The number of carboxylic acids is 1. The molecule has 33 heavy (non-hydrogen) atoms. The van der Waals surface area contributed by atoms with Gasteiger partial charge in [0.2, 0.25) is 5.91 Å². The molecule has 2 aliphatic rings. The van der Waals surface area contributed by atoms with Crippen molar-refractivity contribution < 1.29 is 37.3 Å². The first-order chi connectivity index (χ1) is 15.6. The lowest BCUT2D eigenvalue weighted by atomic mass is 9.78. The molecule has 11 heteroatoms. The van der Waals surface area contributed by atoms with Gasteiger partial charge in [0, 0.05) is 31.6 Å². The number of alkyl halides is 3. The molecular weight excluding hydrogens is 461 g/mol. The molecule has 186 valence electrons. The second kappa shape index (κ2) is 12.6. The van der Waals surface area contributed by atoms with E-state index in [0.29, 0.717) is 0 Å². The minimum Gasteiger partial charge on any atom is -0.475 e. The summed E-state index contributed by atoms with van der Waals surface area (Å²) >= 11 is 1.77. The summed E-state index contributed by atoms with van der Waals surface area (Å²) in [4.78, 5) is 24.7. The molecular formula is C22H31F3N2O5S. The third-order valence-corrected chi connectivity index (χ3v) is 6.43. The zero-order valence-corrected chi connectivity index (χ0v) is 19.6. The Balaban J connectivity index is 0.000000479. The van der Waals surface area contributed by atoms with E-state index in [1.54, 1.807) is 18.9 Å². The summed E-state index contributed by atoms with van der Waals surface area (Å²) in [5.41, 5.74) is 1.06. The van der Waals surface area contributed by atoms with E-state index in [0.717, 1.165) is 51.9 Å². The van der Waals surface area contributed by atoms with Crippen LogP contribution in [0.15, 0.2) is 29.2 Å². The summed E-state index contributed by atoms with van der Waals surface area (Å²) in [5, 5.41) is 10.3. The number of nitrogens with one attached hydrogen (secondary N) is 1. The van der Waals surface area contributed by atoms with E-state index in [1.807, 2.05) is 0 Å². The second-order valence-electron chi connectivity index (χ2n) is 8.07. The standard InChI is InChI=1S/C20H30N2O3S.C2HF3O2/c1-24-14-19(23)21-18-5-3-4-10-20(18)15-22(11-12-25-20)13-16-6-8-17(26-2)9-7-16;3-2(4,5)1(6)7/h6-9,18H,3-5,10-15H2,1-2H3,(H,21,23);(H,6,7). The summed E-state index contributed by atoms with van der Waals surface area (Å²) < 4.78 is 43.0. The summed E-state index contributed by atoms with van der Waals surface area (Å²) in [6.45, 7) is 3.57. The van der Waals surface area contributed by atoms with Crippen LogP contribution in [0, 0.1) is 0 Å². The number of rotatable bonds is 6. The molecule has 0 bridgehead atoms. The maximum atomic E-state index is 12.1. The number of amides is 1. The Kier molecular flexibility index (Phi) is 10.5. The van der Waals surface area contributed by atoms with Crippen LogP contribution in [0.1, 0.15) is 31.2 Å². The van der Waals surface area contributed by atoms with Crippen molar-refractivity contribution in [3.05, 3.63) is 29.8 Å². The highest BCUT2D eigenvalue weighted by Gasteiger charge is 2.45. The van der Waals surface area contributed by atoms with Crippen LogP contribution in [0.3, 0.4) is 0 Å². The molecule has 1 saturated heterocycles. The molecule has 2 unspecified atom stereocenters. The molecule has 1 aromatic carbocycles. The molecule has 2 fully saturated rings. The zero-order chi connectivity index (χ0) is 24.5. The van der Waals surface area contributed by atoms with Crippen LogP contribution in [0.5, 0.6) is 0 Å². The normalized spacial score (nSPS) is 23.5. The lowest BCUT2D eigenvalue weighted by Gasteiger charge is -2.49. The van der Waals surface area contributed by atoms with Gasteiger partial charge >= 0.3 is 12.1 Å². The molecule has 1 heterocycles. The molecule has 0 aromatic heterocycles. The van der Waals surface area contributed by atoms with Crippen molar-refractivity contribution in [1.29, 1.82) is 0 Å². The van der Waals surface area contributed by atoms with E-state index in [4.69, 9.17) is 19.4 Å². The first-order valence-electron chi connectivity index (χ1n) is 10.7. The van der Waals surface area contributed by atoms with E-state index in [-0.39, 0.29) is 24.2 Å². The first-order valence-corrected chi connectivity index (χ1v) is 11.9. The minimum absolute atomic E-state index is 0.0489. The van der Waals surface area contributed by atoms with Gasteiger partial charge in [0.15, 0.2) is 0 Å². The van der Waals surface area contributed by atoms with Crippen molar-refractivity contribution in [2.24, 2.45) is 0 Å². The molecule has 1 aliphatic heterocycles. The number of benzene rings is 1. The largest absolute Gasteiger partial charge is 0.490 e. The molecule has 1 aliphatic carbocycles. The number of hydrogen-bond acceptors (Lipinski definition) is 6. The van der Waals surface area contributed by atoms with Crippen molar-refractivity contribution in [2.75, 3.05) is 39.7 Å². The number of carbonyl (C=O) groups is 2. The van der Waals surface area contributed by atoms with Crippen molar-refractivity contribution in [2.45, 2.75) is 54.9 Å². The van der Waals surface area contributed by atoms with E-state index in [9.17, 15) is 18.0 Å². The van der Waals surface area contributed by atoms with E-state index >= 15 is 0 Å². The Morgan fingerprint density at radius 2 is 1.97 bits per heavy atom. The lowest BCUT2D eigenvalue weighted by Crippen LogP contribution is -2.64. The second-order valence-corrected chi connectivity index (χ2v) is 8.95. The van der Waals surface area contributed by atoms with Crippen LogP contribution in [-0.2, 0) is 25.6 Å². The first kappa shape index (κ1) is 27.4. The molecule has 7 nitrogen and oxygen atoms in total. The van der Waals surface area contributed by atoms with Crippen LogP contribution in [0.25, 0.3) is 0 Å². The topological polar surface area (TPSA) is 88.1 Å². The summed E-state index contributed by atoms with van der Waals surface area (Å²) in [6.07, 6.45) is 1.30. The molecule has 3 rings (SSSR count). The third-order valence-electron chi connectivity index (χ3n) is 5.68. The van der Waals surface area contributed by atoms with Gasteiger partial charge in [-0.05, 0) is 36.8 Å². The predicted molar refractivity (Wildman–Crippen MR) is 118 cm³/mol. The van der Waals surface area contributed by atoms with E-state index in [1.165, 1.54) is 10.5 Å². The SMILES string of the molecule is COCC(=O)NC1CCCCC12CN(Cc1ccc(SC)cc1)CCO2.O=C(O)C(F)(F)F. The fourth-order valence-electron chi connectivity index (χ4n) is 4.15. The van der Waals surface area contributed by atoms with Crippen molar-refractivity contribution in [1.82, 2.24) is 10.2 Å². The van der Waals surface area contributed by atoms with Gasteiger partial charge in [-0.15, -0.1) is 11.8 Å². The summed E-state index contributed by atoms with van der Waals surface area (Å²) in [7, 11) is 1.55. The van der Waals surface area contributed by atoms with Gasteiger partial charge in [-0.3, -0.25) is 9.69 Å². The number of carboxylic acid groups (broad SMARTS) is 1. The zero-order valence-electron chi connectivity index (χ0n) is 18.8. The molecule has 0 radical (unpaired) electrons. The Morgan fingerprint density at radius 3 is 2.55 bits per heavy atom. The Morgan fingerprint density at radius 1 is 1.30 bits per heavy atom. The highest BCUT2D eigenvalue weighted by Crippen LogP contribution is 2.35. The monoisotopic (exact) mass is 492 g/mol. The quantitative estimate of drug-likeness (QED) is 0.589. The van der Waals surface area contributed by atoms with Gasteiger partial charge in [-0.2, -0.15) is 13.2 Å². The van der Waals surface area contributed by atoms with Gasteiger partial charge in [0.05, 0.1) is 12.6 Å². The van der Waals surface area contributed by atoms with Crippen molar-refractivity contribution in [3.63, 3.8) is 0 Å². The van der Waals surface area contributed by atoms with Gasteiger partial charge < -0.3 is 19.9 Å². The van der Waals surface area contributed by atoms with Crippen molar-refractivity contribution in [3.8, 4) is 0 Å². The number of halogens is 3. The molecule has 1 aromatic rings. The van der Waals surface area contributed by atoms with Crippen LogP contribution in [-0.4, -0.2) is 79.4 Å².